The van der Waals surface area contributed by atoms with Crippen LogP contribution < -0.4 is 10.2 Å². The molecule has 0 bridgehead atoms. The first-order valence-electron chi connectivity index (χ1n) is 7.20. The molecular formula is C16H24N2O. The minimum atomic E-state index is -0.0247. The molecule has 1 amide bonds. The van der Waals surface area contributed by atoms with Crippen LogP contribution in [0.3, 0.4) is 0 Å². The summed E-state index contributed by atoms with van der Waals surface area (Å²) in [7, 11) is 1.88. The molecule has 2 atom stereocenters. The van der Waals surface area contributed by atoms with Gasteiger partial charge in [0.25, 0.3) is 0 Å². The van der Waals surface area contributed by atoms with Crippen molar-refractivity contribution in [3.05, 3.63) is 29.8 Å². The molecule has 0 aromatic heterocycles. The average molecular weight is 260 g/mol. The third-order valence-corrected chi connectivity index (χ3v) is 4.20. The van der Waals surface area contributed by atoms with E-state index in [-0.39, 0.29) is 11.9 Å². The lowest BCUT2D eigenvalue weighted by Gasteiger charge is -2.32. The summed E-state index contributed by atoms with van der Waals surface area (Å²) in [5, 5.41) is 3.36. The lowest BCUT2D eigenvalue weighted by molar-refractivity contribution is -0.121. The maximum Gasteiger partial charge on any atom is 0.243 e. The number of nitrogens with one attached hydrogen (secondary N) is 1. The molecule has 1 aromatic rings. The Kier molecular flexibility index (Phi) is 4.59. The number of piperidine rings is 1. The zero-order valence-corrected chi connectivity index (χ0v) is 12.1. The fourth-order valence-corrected chi connectivity index (χ4v) is 2.85. The maximum absolute atomic E-state index is 12.6. The van der Waals surface area contributed by atoms with Crippen LogP contribution in [0.25, 0.3) is 0 Å². The van der Waals surface area contributed by atoms with Gasteiger partial charge >= 0.3 is 0 Å². The van der Waals surface area contributed by atoms with Gasteiger partial charge < -0.3 is 10.2 Å². The van der Waals surface area contributed by atoms with E-state index < -0.39 is 0 Å². The van der Waals surface area contributed by atoms with Crippen LogP contribution in [-0.4, -0.2) is 25.5 Å². The van der Waals surface area contributed by atoms with E-state index >= 15 is 0 Å². The monoisotopic (exact) mass is 260 g/mol. The molecule has 1 aliphatic heterocycles. The summed E-state index contributed by atoms with van der Waals surface area (Å²) in [6.07, 6.45) is 3.32. The number of hydrogen-bond donors (Lipinski definition) is 1. The van der Waals surface area contributed by atoms with E-state index in [0.717, 1.165) is 24.2 Å². The predicted molar refractivity (Wildman–Crippen MR) is 79.4 cm³/mol. The standard InChI is InChI=1S/C16H24N2O/c1-4-13-9-10-17-14(11-13)16(19)18(3)15-8-6-5-7-12(15)2/h5-8,13-14,17H,4,9-11H2,1-3H3. The van der Waals surface area contributed by atoms with Gasteiger partial charge in [-0.25, -0.2) is 0 Å². The van der Waals surface area contributed by atoms with Crippen molar-refractivity contribution < 1.29 is 4.79 Å². The summed E-state index contributed by atoms with van der Waals surface area (Å²) in [4.78, 5) is 14.4. The summed E-state index contributed by atoms with van der Waals surface area (Å²) in [6, 6.07) is 8.01. The zero-order chi connectivity index (χ0) is 13.8. The van der Waals surface area contributed by atoms with Gasteiger partial charge in [0.15, 0.2) is 0 Å². The van der Waals surface area contributed by atoms with E-state index in [1.54, 1.807) is 4.90 Å². The molecule has 19 heavy (non-hydrogen) atoms. The van der Waals surface area contributed by atoms with Crippen molar-refractivity contribution in [1.29, 1.82) is 0 Å². The van der Waals surface area contributed by atoms with Crippen LogP contribution in [0.5, 0.6) is 0 Å². The molecule has 1 heterocycles. The lowest BCUT2D eigenvalue weighted by Crippen LogP contribution is -2.49. The van der Waals surface area contributed by atoms with E-state index in [9.17, 15) is 4.79 Å². The van der Waals surface area contributed by atoms with E-state index in [1.807, 2.05) is 38.2 Å². The van der Waals surface area contributed by atoms with Crippen LogP contribution in [0.4, 0.5) is 5.69 Å². The average Bonchev–Trinajstić information content (AvgIpc) is 2.46. The normalized spacial score (nSPS) is 23.1. The van der Waals surface area contributed by atoms with Gasteiger partial charge in [0.05, 0.1) is 6.04 Å². The topological polar surface area (TPSA) is 32.3 Å². The van der Waals surface area contributed by atoms with Crippen LogP contribution in [0.15, 0.2) is 24.3 Å². The molecule has 1 aliphatic rings. The highest BCUT2D eigenvalue weighted by atomic mass is 16.2. The minimum absolute atomic E-state index is 0.0247. The summed E-state index contributed by atoms with van der Waals surface area (Å²) in [6.45, 7) is 5.21. The second-order valence-electron chi connectivity index (χ2n) is 5.49. The Morgan fingerprint density at radius 3 is 2.84 bits per heavy atom. The number of likely N-dealkylation sites (N-methyl/N-ethyl adjacent to an activating group) is 1. The quantitative estimate of drug-likeness (QED) is 0.906. The van der Waals surface area contributed by atoms with Gasteiger partial charge in [0.2, 0.25) is 5.91 Å². The molecule has 1 saturated heterocycles. The Hall–Kier alpha value is -1.35. The number of rotatable bonds is 3. The van der Waals surface area contributed by atoms with Gasteiger partial charge in [-0.3, -0.25) is 4.79 Å². The third-order valence-electron chi connectivity index (χ3n) is 4.20. The van der Waals surface area contributed by atoms with Gasteiger partial charge in [-0.1, -0.05) is 31.5 Å². The number of nitrogens with zero attached hydrogens (tertiary/aromatic N) is 1. The van der Waals surface area contributed by atoms with Crippen molar-refractivity contribution in [3.8, 4) is 0 Å². The second kappa shape index (κ2) is 6.20. The number of anilines is 1. The van der Waals surface area contributed by atoms with Gasteiger partial charge in [0, 0.05) is 12.7 Å². The first-order valence-corrected chi connectivity index (χ1v) is 7.20. The highest BCUT2D eigenvalue weighted by molar-refractivity contribution is 5.97. The van der Waals surface area contributed by atoms with Gasteiger partial charge in [-0.2, -0.15) is 0 Å². The third kappa shape index (κ3) is 3.16. The van der Waals surface area contributed by atoms with Crippen molar-refractivity contribution in [2.24, 2.45) is 5.92 Å². The van der Waals surface area contributed by atoms with Crippen molar-refractivity contribution >= 4 is 11.6 Å². The Balaban J connectivity index is 2.09. The van der Waals surface area contributed by atoms with E-state index in [4.69, 9.17) is 0 Å². The van der Waals surface area contributed by atoms with Crippen LogP contribution in [-0.2, 0) is 4.79 Å². The molecule has 1 aromatic carbocycles. The lowest BCUT2D eigenvalue weighted by atomic mass is 9.90. The van der Waals surface area contributed by atoms with Crippen molar-refractivity contribution in [3.63, 3.8) is 0 Å². The number of carbonyl (C=O) groups excluding carboxylic acids is 1. The molecule has 3 nitrogen and oxygen atoms in total. The second-order valence-corrected chi connectivity index (χ2v) is 5.49. The van der Waals surface area contributed by atoms with E-state index in [2.05, 4.69) is 12.2 Å². The predicted octanol–water partition coefficient (Wildman–Crippen LogP) is 2.74. The summed E-state index contributed by atoms with van der Waals surface area (Å²) < 4.78 is 0. The Labute approximate surface area is 116 Å². The molecular weight excluding hydrogens is 236 g/mol. The van der Waals surface area contributed by atoms with Crippen LogP contribution in [0, 0.1) is 12.8 Å². The Bertz CT molecular complexity index is 444. The summed E-state index contributed by atoms with van der Waals surface area (Å²) in [5.41, 5.74) is 2.15. The van der Waals surface area contributed by atoms with E-state index in [1.165, 1.54) is 12.8 Å². The molecule has 2 rings (SSSR count). The molecule has 0 aliphatic carbocycles. The number of hydrogen-bond acceptors (Lipinski definition) is 2. The van der Waals surface area contributed by atoms with Gasteiger partial charge in [-0.05, 0) is 43.9 Å². The number of para-hydroxylation sites is 1. The van der Waals surface area contributed by atoms with Crippen LogP contribution in [0.1, 0.15) is 31.7 Å². The first kappa shape index (κ1) is 14.1. The fraction of sp³-hybridized carbons (Fsp3) is 0.562. The van der Waals surface area contributed by atoms with Crippen LogP contribution >= 0.6 is 0 Å². The molecule has 0 saturated carbocycles. The first-order chi connectivity index (χ1) is 9.13. The smallest absolute Gasteiger partial charge is 0.243 e. The fourth-order valence-electron chi connectivity index (χ4n) is 2.85. The number of aryl methyl sites for hydroxylation is 1. The van der Waals surface area contributed by atoms with Gasteiger partial charge in [-0.15, -0.1) is 0 Å². The molecule has 104 valence electrons. The van der Waals surface area contributed by atoms with Gasteiger partial charge in [0.1, 0.15) is 0 Å². The van der Waals surface area contributed by atoms with Crippen molar-refractivity contribution in [2.45, 2.75) is 39.2 Å². The molecule has 3 heteroatoms. The Morgan fingerprint density at radius 1 is 1.42 bits per heavy atom. The van der Waals surface area contributed by atoms with Crippen molar-refractivity contribution in [2.75, 3.05) is 18.5 Å². The summed E-state index contributed by atoms with van der Waals surface area (Å²) >= 11 is 0. The highest BCUT2D eigenvalue weighted by Crippen LogP contribution is 2.23. The number of carbonyl (C=O) groups is 1. The maximum atomic E-state index is 12.6. The highest BCUT2D eigenvalue weighted by Gasteiger charge is 2.28. The number of benzene rings is 1. The van der Waals surface area contributed by atoms with E-state index in [0.29, 0.717) is 5.92 Å². The van der Waals surface area contributed by atoms with Crippen molar-refractivity contribution in [1.82, 2.24) is 5.32 Å². The molecule has 0 spiro atoms. The zero-order valence-electron chi connectivity index (χ0n) is 12.1. The molecule has 1 fully saturated rings. The summed E-state index contributed by atoms with van der Waals surface area (Å²) in [5.74, 6) is 0.868. The molecule has 0 radical (unpaired) electrons. The molecule has 1 N–H and O–H groups in total. The number of amides is 1. The minimum Gasteiger partial charge on any atom is -0.314 e. The largest absolute Gasteiger partial charge is 0.314 e. The van der Waals surface area contributed by atoms with Crippen LogP contribution in [0.2, 0.25) is 0 Å². The Morgan fingerprint density at radius 2 is 2.16 bits per heavy atom. The SMILES string of the molecule is CCC1CCNC(C(=O)N(C)c2ccccc2C)C1. The molecule has 2 unspecified atom stereocenters.